The molecule has 0 atom stereocenters. The Bertz CT molecular complexity index is 595. The number of non-ortho nitro benzene ring substituents is 1. The zero-order valence-electron chi connectivity index (χ0n) is 8.99. The zero-order chi connectivity index (χ0) is 13.1. The van der Waals surface area contributed by atoms with E-state index in [0.717, 1.165) is 6.07 Å². The first-order chi connectivity index (χ1) is 8.58. The fraction of sp³-hybridized carbons (Fsp3) is 0. The van der Waals surface area contributed by atoms with Gasteiger partial charge in [-0.1, -0.05) is 6.07 Å². The quantitative estimate of drug-likeness (QED) is 0.506. The van der Waals surface area contributed by atoms with Gasteiger partial charge in [0, 0.05) is 6.07 Å². The Morgan fingerprint density at radius 2 is 2.17 bits per heavy atom. The number of hydrogen-bond acceptors (Lipinski definition) is 5. The second-order valence-electron chi connectivity index (χ2n) is 3.39. The summed E-state index contributed by atoms with van der Waals surface area (Å²) in [5.41, 5.74) is -0.0966. The average molecular weight is 264 g/mol. The number of carbonyl (C=O) groups is 1. The molecule has 0 bridgehead atoms. The molecule has 2 aromatic rings. The minimum atomic E-state index is -0.620. The first-order valence-electron chi connectivity index (χ1n) is 4.90. The summed E-state index contributed by atoms with van der Waals surface area (Å²) in [7, 11) is 0. The number of benzene rings is 1. The van der Waals surface area contributed by atoms with Gasteiger partial charge in [-0.25, -0.2) is 0 Å². The summed E-state index contributed by atoms with van der Waals surface area (Å²) in [4.78, 5) is 22.1. The first-order valence-corrected chi connectivity index (χ1v) is 5.78. The molecule has 18 heavy (non-hydrogen) atoms. The van der Waals surface area contributed by atoms with Gasteiger partial charge in [0.15, 0.2) is 0 Å². The highest BCUT2D eigenvalue weighted by atomic mass is 32.1. The van der Waals surface area contributed by atoms with Gasteiger partial charge >= 0.3 is 0 Å². The van der Waals surface area contributed by atoms with Crippen molar-refractivity contribution in [2.45, 2.75) is 0 Å². The van der Waals surface area contributed by atoms with E-state index in [1.807, 2.05) is 0 Å². The van der Waals surface area contributed by atoms with E-state index in [1.165, 1.54) is 23.5 Å². The minimum absolute atomic E-state index is 0.138. The lowest BCUT2D eigenvalue weighted by molar-refractivity contribution is -0.384. The highest BCUT2D eigenvalue weighted by Crippen LogP contribution is 2.28. The SMILES string of the molecule is O=C(Nc1ccc([N+](=O)[O-])cc1O)c1cccs1. The molecule has 92 valence electrons. The van der Waals surface area contributed by atoms with Crippen LogP contribution >= 0.6 is 11.3 Å². The summed E-state index contributed by atoms with van der Waals surface area (Å²) < 4.78 is 0. The Morgan fingerprint density at radius 3 is 2.72 bits per heavy atom. The van der Waals surface area contributed by atoms with Crippen LogP contribution in [0.3, 0.4) is 0 Å². The largest absolute Gasteiger partial charge is 0.506 e. The van der Waals surface area contributed by atoms with E-state index in [-0.39, 0.29) is 23.0 Å². The third-order valence-electron chi connectivity index (χ3n) is 2.19. The van der Waals surface area contributed by atoms with Gasteiger partial charge in [-0.15, -0.1) is 11.3 Å². The Kier molecular flexibility index (Phi) is 3.24. The molecule has 0 unspecified atom stereocenters. The number of nitro groups is 1. The van der Waals surface area contributed by atoms with Crippen molar-refractivity contribution in [3.05, 3.63) is 50.7 Å². The van der Waals surface area contributed by atoms with Crippen LogP contribution in [-0.2, 0) is 0 Å². The van der Waals surface area contributed by atoms with Gasteiger partial charge in [-0.2, -0.15) is 0 Å². The van der Waals surface area contributed by atoms with Gasteiger partial charge in [-0.05, 0) is 17.5 Å². The number of nitrogens with one attached hydrogen (secondary N) is 1. The Labute approximate surface area is 106 Å². The number of carbonyl (C=O) groups excluding carboxylic acids is 1. The fourth-order valence-electron chi connectivity index (χ4n) is 1.33. The lowest BCUT2D eigenvalue weighted by Crippen LogP contribution is -2.10. The maximum atomic E-state index is 11.7. The van der Waals surface area contributed by atoms with E-state index in [0.29, 0.717) is 4.88 Å². The molecular formula is C11H8N2O4S. The third-order valence-corrected chi connectivity index (χ3v) is 3.05. The molecule has 1 aromatic heterocycles. The van der Waals surface area contributed by atoms with Crippen LogP contribution in [0.15, 0.2) is 35.7 Å². The van der Waals surface area contributed by atoms with Gasteiger partial charge in [0.25, 0.3) is 11.6 Å². The Hall–Kier alpha value is -2.41. The number of anilines is 1. The maximum Gasteiger partial charge on any atom is 0.273 e. The third kappa shape index (κ3) is 2.46. The monoisotopic (exact) mass is 264 g/mol. The molecular weight excluding hydrogens is 256 g/mol. The highest BCUT2D eigenvalue weighted by molar-refractivity contribution is 7.12. The molecule has 0 saturated carbocycles. The van der Waals surface area contributed by atoms with E-state index in [2.05, 4.69) is 5.32 Å². The first kappa shape index (κ1) is 12.1. The second-order valence-corrected chi connectivity index (χ2v) is 4.34. The number of rotatable bonds is 3. The number of nitrogens with zero attached hydrogens (tertiary/aromatic N) is 1. The van der Waals surface area contributed by atoms with Crippen LogP contribution in [0.5, 0.6) is 5.75 Å². The molecule has 6 nitrogen and oxygen atoms in total. The van der Waals surface area contributed by atoms with Crippen LogP contribution in [0, 0.1) is 10.1 Å². The summed E-state index contributed by atoms with van der Waals surface area (Å²) in [5.74, 6) is -0.705. The lowest BCUT2D eigenvalue weighted by Gasteiger charge is -2.05. The van der Waals surface area contributed by atoms with E-state index >= 15 is 0 Å². The molecule has 0 spiro atoms. The van der Waals surface area contributed by atoms with Crippen LogP contribution in [-0.4, -0.2) is 15.9 Å². The number of phenols is 1. The van der Waals surface area contributed by atoms with Crippen LogP contribution in [0.4, 0.5) is 11.4 Å². The number of thiophene rings is 1. The summed E-state index contributed by atoms with van der Waals surface area (Å²) in [5, 5.41) is 24.3. The molecule has 0 aliphatic carbocycles. The van der Waals surface area contributed by atoms with Crippen molar-refractivity contribution in [1.29, 1.82) is 0 Å². The highest BCUT2D eigenvalue weighted by Gasteiger charge is 2.13. The molecule has 1 aromatic carbocycles. The molecule has 0 radical (unpaired) electrons. The molecule has 1 amide bonds. The predicted octanol–water partition coefficient (Wildman–Crippen LogP) is 2.61. The van der Waals surface area contributed by atoms with Crippen molar-refractivity contribution in [3.8, 4) is 5.75 Å². The van der Waals surface area contributed by atoms with Crippen molar-refractivity contribution in [1.82, 2.24) is 0 Å². The maximum absolute atomic E-state index is 11.7. The number of phenolic OH excluding ortho intramolecular Hbond substituents is 1. The molecule has 1 heterocycles. The van der Waals surface area contributed by atoms with Crippen molar-refractivity contribution >= 4 is 28.6 Å². The molecule has 2 rings (SSSR count). The molecule has 7 heteroatoms. The number of aromatic hydroxyl groups is 1. The van der Waals surface area contributed by atoms with Crippen LogP contribution in [0.2, 0.25) is 0 Å². The standard InChI is InChI=1S/C11H8N2O4S/c14-9-6-7(13(16)17)3-4-8(9)12-11(15)10-2-1-5-18-10/h1-6,14H,(H,12,15). The Morgan fingerprint density at radius 1 is 1.39 bits per heavy atom. The number of hydrogen-bond donors (Lipinski definition) is 2. The topological polar surface area (TPSA) is 92.5 Å². The molecule has 0 fully saturated rings. The van der Waals surface area contributed by atoms with E-state index in [9.17, 15) is 20.0 Å². The lowest BCUT2D eigenvalue weighted by atomic mass is 10.2. The van der Waals surface area contributed by atoms with Crippen LogP contribution < -0.4 is 5.32 Å². The second kappa shape index (κ2) is 4.84. The van der Waals surface area contributed by atoms with Gasteiger partial charge in [0.2, 0.25) is 0 Å². The number of nitro benzene ring substituents is 1. The molecule has 0 aliphatic heterocycles. The molecule has 0 saturated heterocycles. The summed E-state index contributed by atoms with van der Waals surface area (Å²) in [6.45, 7) is 0. The summed E-state index contributed by atoms with van der Waals surface area (Å²) >= 11 is 1.26. The molecule has 0 aliphatic rings. The van der Waals surface area contributed by atoms with E-state index in [4.69, 9.17) is 0 Å². The fourth-order valence-corrected chi connectivity index (χ4v) is 1.95. The predicted molar refractivity (Wildman–Crippen MR) is 67.0 cm³/mol. The Balaban J connectivity index is 2.20. The minimum Gasteiger partial charge on any atom is -0.506 e. The van der Waals surface area contributed by atoms with Crippen molar-refractivity contribution in [2.24, 2.45) is 0 Å². The molecule has 2 N–H and O–H groups in total. The smallest absolute Gasteiger partial charge is 0.273 e. The van der Waals surface area contributed by atoms with Gasteiger partial charge < -0.3 is 10.4 Å². The van der Waals surface area contributed by atoms with Crippen molar-refractivity contribution in [2.75, 3.05) is 5.32 Å². The summed E-state index contributed by atoms with van der Waals surface area (Å²) in [6, 6.07) is 6.87. The zero-order valence-corrected chi connectivity index (χ0v) is 9.81. The van der Waals surface area contributed by atoms with Gasteiger partial charge in [-0.3, -0.25) is 14.9 Å². The average Bonchev–Trinajstić information content (AvgIpc) is 2.85. The van der Waals surface area contributed by atoms with Gasteiger partial charge in [0.05, 0.1) is 21.6 Å². The van der Waals surface area contributed by atoms with Crippen LogP contribution in [0.25, 0.3) is 0 Å². The van der Waals surface area contributed by atoms with Gasteiger partial charge in [0.1, 0.15) is 5.75 Å². The van der Waals surface area contributed by atoms with Crippen molar-refractivity contribution in [3.63, 3.8) is 0 Å². The number of amides is 1. The van der Waals surface area contributed by atoms with Crippen molar-refractivity contribution < 1.29 is 14.8 Å². The normalized spacial score (nSPS) is 10.0. The van der Waals surface area contributed by atoms with E-state index < -0.39 is 4.92 Å². The van der Waals surface area contributed by atoms with Crippen LogP contribution in [0.1, 0.15) is 9.67 Å². The van der Waals surface area contributed by atoms with E-state index in [1.54, 1.807) is 17.5 Å². The summed E-state index contributed by atoms with van der Waals surface area (Å²) in [6.07, 6.45) is 0.